The SMILES string of the molecule is Cc1ccccc1-c1ccccc1Cc1c(C#N)c(-n2c3ccccc3c3ccccc32)c(C#N)c(Cc2ccccc2-c2ccccc2N)c1-n1c2c(c3ccccc31)C=CCC2. The van der Waals surface area contributed by atoms with Crippen LogP contribution in [0.5, 0.6) is 0 Å². The molecule has 2 aromatic heterocycles. The normalized spacial score (nSPS) is 12.1. The van der Waals surface area contributed by atoms with Crippen LogP contribution in [-0.2, 0) is 19.3 Å². The van der Waals surface area contributed by atoms with Crippen molar-refractivity contribution in [1.82, 2.24) is 9.13 Å². The molecule has 1 aliphatic rings. The molecule has 11 rings (SSSR count). The first-order chi connectivity index (χ1) is 31.6. The number of nitrogen functional groups attached to an aromatic ring is 1. The van der Waals surface area contributed by atoms with Crippen LogP contribution in [-0.4, -0.2) is 9.13 Å². The highest BCUT2D eigenvalue weighted by molar-refractivity contribution is 6.10. The van der Waals surface area contributed by atoms with Gasteiger partial charge in [0.25, 0.3) is 0 Å². The molecule has 0 radical (unpaired) electrons. The van der Waals surface area contributed by atoms with Gasteiger partial charge in [0.15, 0.2) is 0 Å². The molecule has 8 aromatic carbocycles. The molecule has 2 heterocycles. The van der Waals surface area contributed by atoms with Crippen molar-refractivity contribution in [2.24, 2.45) is 0 Å². The quantitative estimate of drug-likeness (QED) is 0.155. The van der Waals surface area contributed by atoms with Gasteiger partial charge in [-0.2, -0.15) is 10.5 Å². The summed E-state index contributed by atoms with van der Waals surface area (Å²) in [6, 6.07) is 64.3. The number of nitriles is 2. The number of allylic oxidation sites excluding steroid dienone is 1. The fourth-order valence-electron chi connectivity index (χ4n) is 10.4. The molecule has 1 aliphatic carbocycles. The van der Waals surface area contributed by atoms with Crippen molar-refractivity contribution in [3.05, 3.63) is 226 Å². The first-order valence-electron chi connectivity index (χ1n) is 21.9. The van der Waals surface area contributed by atoms with Crippen LogP contribution in [0.25, 0.3) is 72.4 Å². The lowest BCUT2D eigenvalue weighted by Crippen LogP contribution is -2.17. The topological polar surface area (TPSA) is 83.5 Å². The van der Waals surface area contributed by atoms with E-state index in [-0.39, 0.29) is 0 Å². The molecular formula is C59H43N5. The minimum Gasteiger partial charge on any atom is -0.398 e. The summed E-state index contributed by atoms with van der Waals surface area (Å²) in [5.41, 5.74) is 24.4. The molecule has 5 nitrogen and oxygen atoms in total. The van der Waals surface area contributed by atoms with Crippen molar-refractivity contribution in [2.45, 2.75) is 32.6 Å². The molecule has 0 unspecified atom stereocenters. The van der Waals surface area contributed by atoms with Gasteiger partial charge in [-0.25, -0.2) is 0 Å². The Morgan fingerprint density at radius 3 is 1.55 bits per heavy atom. The zero-order chi connectivity index (χ0) is 43.3. The molecule has 0 fully saturated rings. The smallest absolute Gasteiger partial charge is 0.102 e. The van der Waals surface area contributed by atoms with Crippen LogP contribution in [0.2, 0.25) is 0 Å². The zero-order valence-electron chi connectivity index (χ0n) is 35.5. The summed E-state index contributed by atoms with van der Waals surface area (Å²) in [5, 5.41) is 27.1. The van der Waals surface area contributed by atoms with Crippen LogP contribution < -0.4 is 5.73 Å². The van der Waals surface area contributed by atoms with E-state index in [1.54, 1.807) is 0 Å². The van der Waals surface area contributed by atoms with Gasteiger partial charge in [-0.3, -0.25) is 0 Å². The monoisotopic (exact) mass is 821 g/mol. The number of nitrogens with zero attached hydrogens (tertiary/aromatic N) is 4. The lowest BCUT2D eigenvalue weighted by Gasteiger charge is -2.27. The van der Waals surface area contributed by atoms with Crippen molar-refractivity contribution < 1.29 is 0 Å². The minimum absolute atomic E-state index is 0.405. The van der Waals surface area contributed by atoms with E-state index >= 15 is 0 Å². The number of fused-ring (bicyclic) bond motifs is 6. The van der Waals surface area contributed by atoms with Gasteiger partial charge in [0.1, 0.15) is 12.1 Å². The fourth-order valence-corrected chi connectivity index (χ4v) is 10.4. The van der Waals surface area contributed by atoms with E-state index in [1.165, 1.54) is 16.8 Å². The lowest BCUT2D eigenvalue weighted by atomic mass is 9.84. The molecular weight excluding hydrogens is 779 g/mol. The summed E-state index contributed by atoms with van der Waals surface area (Å²) >= 11 is 0. The van der Waals surface area contributed by atoms with Crippen molar-refractivity contribution in [1.29, 1.82) is 10.5 Å². The van der Waals surface area contributed by atoms with Crippen molar-refractivity contribution in [3.63, 3.8) is 0 Å². The highest BCUT2D eigenvalue weighted by Crippen LogP contribution is 2.45. The maximum atomic E-state index is 11.9. The van der Waals surface area contributed by atoms with Gasteiger partial charge in [-0.1, -0.05) is 158 Å². The third-order valence-electron chi connectivity index (χ3n) is 13.2. The van der Waals surface area contributed by atoms with Crippen LogP contribution in [0.1, 0.15) is 56.6 Å². The van der Waals surface area contributed by atoms with Gasteiger partial charge in [-0.15, -0.1) is 0 Å². The number of hydrogen-bond donors (Lipinski definition) is 1. The van der Waals surface area contributed by atoms with Crippen molar-refractivity contribution in [3.8, 4) is 45.8 Å². The Hall–Kier alpha value is -8.38. The molecule has 0 saturated carbocycles. The Morgan fingerprint density at radius 2 is 0.969 bits per heavy atom. The second kappa shape index (κ2) is 15.8. The van der Waals surface area contributed by atoms with Crippen LogP contribution in [0.3, 0.4) is 0 Å². The minimum atomic E-state index is 0.405. The van der Waals surface area contributed by atoms with E-state index in [0.717, 1.165) is 95.7 Å². The van der Waals surface area contributed by atoms with Crippen LogP contribution in [0.4, 0.5) is 5.69 Å². The second-order valence-corrected chi connectivity index (χ2v) is 16.7. The number of nitrogens with two attached hydrogens (primary N) is 1. The standard InChI is InChI=1S/C59H43N5/c1-38-18-2-5-21-41(38)42-22-6-3-19-39(42)34-49-51(36-60)59(64-56-32-16-11-27-47(56)48-28-12-17-33-57(48)64)52(37-61)50(35-40-20-4-7-23-43(40)44-24-8-13-29-53(44)62)58(49)63-54-30-14-9-25-45(54)46-26-10-15-31-55(46)63/h2-14,16-30,32-33H,15,31,34-35,62H2,1H3. The molecule has 0 bridgehead atoms. The average molecular weight is 822 g/mol. The van der Waals surface area contributed by atoms with Crippen molar-refractivity contribution in [2.75, 3.05) is 5.73 Å². The molecule has 0 amide bonds. The molecule has 64 heavy (non-hydrogen) atoms. The molecule has 5 heteroatoms. The number of anilines is 1. The summed E-state index contributed by atoms with van der Waals surface area (Å²) in [7, 11) is 0. The maximum absolute atomic E-state index is 11.9. The first-order valence-corrected chi connectivity index (χ1v) is 21.9. The number of benzene rings is 8. The van der Waals surface area contributed by atoms with Gasteiger partial charge in [0, 0.05) is 62.6 Å². The van der Waals surface area contributed by atoms with Crippen molar-refractivity contribution >= 4 is 44.5 Å². The number of para-hydroxylation sites is 4. The summed E-state index contributed by atoms with van der Waals surface area (Å²) in [6.07, 6.45) is 7.05. The first kappa shape index (κ1) is 38.5. The predicted molar refractivity (Wildman–Crippen MR) is 263 cm³/mol. The van der Waals surface area contributed by atoms with E-state index in [1.807, 2.05) is 30.3 Å². The summed E-state index contributed by atoms with van der Waals surface area (Å²) in [6.45, 7) is 2.15. The third kappa shape index (κ3) is 6.13. The van der Waals surface area contributed by atoms with Gasteiger partial charge < -0.3 is 14.9 Å². The Morgan fingerprint density at radius 1 is 0.500 bits per heavy atom. The zero-order valence-corrected chi connectivity index (χ0v) is 35.5. The lowest BCUT2D eigenvalue weighted by molar-refractivity contribution is 0.870. The molecule has 0 atom stereocenters. The Balaban J connectivity index is 1.34. The van der Waals surface area contributed by atoms with Gasteiger partial charge in [0.05, 0.1) is 39.1 Å². The van der Waals surface area contributed by atoms with Gasteiger partial charge in [-0.05, 0) is 77.4 Å². The molecule has 0 spiro atoms. The summed E-state index contributed by atoms with van der Waals surface area (Å²) < 4.78 is 4.59. The number of rotatable bonds is 8. The number of hydrogen-bond acceptors (Lipinski definition) is 3. The Bertz CT molecular complexity index is 3440. The number of aromatic nitrogens is 2. The molecule has 2 N–H and O–H groups in total. The predicted octanol–water partition coefficient (Wildman–Crippen LogP) is 13.8. The van der Waals surface area contributed by atoms with Gasteiger partial charge >= 0.3 is 0 Å². The average Bonchev–Trinajstić information content (AvgIpc) is 3.85. The summed E-state index contributed by atoms with van der Waals surface area (Å²) in [5.74, 6) is 0. The van der Waals surface area contributed by atoms with Gasteiger partial charge in [0.2, 0.25) is 0 Å². The molecule has 10 aromatic rings. The van der Waals surface area contributed by atoms with E-state index in [4.69, 9.17) is 5.73 Å². The van der Waals surface area contributed by atoms with E-state index in [2.05, 4.69) is 180 Å². The Labute approximate surface area is 372 Å². The maximum Gasteiger partial charge on any atom is 0.102 e. The molecule has 0 aliphatic heterocycles. The van der Waals surface area contributed by atoms with Crippen LogP contribution in [0.15, 0.2) is 176 Å². The largest absolute Gasteiger partial charge is 0.398 e. The number of aryl methyl sites for hydroxylation is 1. The second-order valence-electron chi connectivity index (χ2n) is 16.7. The van der Waals surface area contributed by atoms with Crippen LogP contribution in [0, 0.1) is 29.6 Å². The fraction of sp³-hybridized carbons (Fsp3) is 0.0847. The highest BCUT2D eigenvalue weighted by atomic mass is 15.0. The third-order valence-corrected chi connectivity index (χ3v) is 13.2. The van der Waals surface area contributed by atoms with Crippen LogP contribution >= 0.6 is 0 Å². The summed E-state index contributed by atoms with van der Waals surface area (Å²) in [4.78, 5) is 0. The van der Waals surface area contributed by atoms with E-state index in [9.17, 15) is 10.5 Å². The Kier molecular flexibility index (Phi) is 9.53. The van der Waals surface area contributed by atoms with E-state index in [0.29, 0.717) is 35.3 Å². The molecule has 304 valence electrons. The van der Waals surface area contributed by atoms with E-state index < -0.39 is 0 Å². The molecule has 0 saturated heterocycles. The highest BCUT2D eigenvalue weighted by Gasteiger charge is 2.32.